The van der Waals surface area contributed by atoms with Crippen molar-refractivity contribution in [2.24, 2.45) is 4.99 Å². The maximum absolute atomic E-state index is 11.9. The molecule has 1 aromatic rings. The lowest BCUT2D eigenvalue weighted by Crippen LogP contribution is -2.44. The van der Waals surface area contributed by atoms with Gasteiger partial charge in [-0.2, -0.15) is 0 Å². The number of nitrogens with zero attached hydrogens (tertiary/aromatic N) is 2. The summed E-state index contributed by atoms with van der Waals surface area (Å²) >= 11 is 7.19. The number of aliphatic hydroxyl groups is 1. The molecule has 0 radical (unpaired) electrons. The van der Waals surface area contributed by atoms with Crippen LogP contribution in [0.4, 0.5) is 0 Å². The first kappa shape index (κ1) is 20.5. The van der Waals surface area contributed by atoms with Crippen molar-refractivity contribution >= 4 is 58.8 Å². The van der Waals surface area contributed by atoms with Crippen LogP contribution in [0.3, 0.4) is 0 Å². The van der Waals surface area contributed by atoms with Gasteiger partial charge in [-0.15, -0.1) is 35.3 Å². The van der Waals surface area contributed by atoms with Gasteiger partial charge in [0, 0.05) is 31.6 Å². The summed E-state index contributed by atoms with van der Waals surface area (Å²) in [5.41, 5.74) is 0. The Balaban J connectivity index is 0.00000264. The van der Waals surface area contributed by atoms with E-state index in [-0.39, 0.29) is 36.4 Å². The molecule has 1 atom stereocenters. The number of halogens is 2. The van der Waals surface area contributed by atoms with Gasteiger partial charge in [0.05, 0.1) is 10.9 Å². The zero-order valence-electron chi connectivity index (χ0n) is 12.9. The molecule has 2 rings (SSSR count). The van der Waals surface area contributed by atoms with Crippen molar-refractivity contribution in [1.29, 1.82) is 0 Å². The number of amides is 1. The number of carbonyl (C=O) groups excluding carboxylic acids is 1. The standard InChI is InChI=1S/C14H21ClN4O2S.HI/c1-16-14(18-9-13(21)19-6-2-3-7-19)17-8-10(20)11-4-5-12(15)22-11;/h4-5,10,20H,2-3,6-9H2,1H3,(H2,16,17,18);1H. The van der Waals surface area contributed by atoms with Gasteiger partial charge in [-0.05, 0) is 25.0 Å². The van der Waals surface area contributed by atoms with Crippen LogP contribution in [0, 0.1) is 0 Å². The molecule has 130 valence electrons. The molecule has 23 heavy (non-hydrogen) atoms. The van der Waals surface area contributed by atoms with E-state index in [1.807, 2.05) is 4.90 Å². The zero-order chi connectivity index (χ0) is 15.9. The molecule has 1 unspecified atom stereocenters. The summed E-state index contributed by atoms with van der Waals surface area (Å²) in [5.74, 6) is 0.570. The highest BCUT2D eigenvalue weighted by Gasteiger charge is 2.18. The van der Waals surface area contributed by atoms with E-state index in [4.69, 9.17) is 11.6 Å². The highest BCUT2D eigenvalue weighted by molar-refractivity contribution is 14.0. The summed E-state index contributed by atoms with van der Waals surface area (Å²) in [6.45, 7) is 2.18. The van der Waals surface area contributed by atoms with E-state index >= 15 is 0 Å². The third-order valence-electron chi connectivity index (χ3n) is 3.47. The summed E-state index contributed by atoms with van der Waals surface area (Å²) in [7, 11) is 1.63. The molecule has 1 amide bonds. The van der Waals surface area contributed by atoms with Crippen molar-refractivity contribution in [2.75, 3.05) is 33.2 Å². The van der Waals surface area contributed by atoms with Gasteiger partial charge in [0.15, 0.2) is 5.96 Å². The maximum atomic E-state index is 11.9. The average Bonchev–Trinajstić information content (AvgIpc) is 3.18. The van der Waals surface area contributed by atoms with Crippen molar-refractivity contribution in [1.82, 2.24) is 15.5 Å². The van der Waals surface area contributed by atoms with Gasteiger partial charge in [0.2, 0.25) is 5.91 Å². The number of nitrogens with one attached hydrogen (secondary N) is 2. The summed E-state index contributed by atoms with van der Waals surface area (Å²) in [5, 5.41) is 16.0. The fourth-order valence-corrected chi connectivity index (χ4v) is 3.31. The van der Waals surface area contributed by atoms with E-state index in [1.165, 1.54) is 11.3 Å². The molecule has 1 aliphatic rings. The Hall–Kier alpha value is -0.580. The van der Waals surface area contributed by atoms with Crippen LogP contribution >= 0.6 is 46.9 Å². The number of guanidine groups is 1. The lowest BCUT2D eigenvalue weighted by Gasteiger charge is -2.18. The predicted molar refractivity (Wildman–Crippen MR) is 105 cm³/mol. The highest BCUT2D eigenvalue weighted by atomic mass is 127. The van der Waals surface area contributed by atoms with Crippen LogP contribution in [-0.2, 0) is 4.79 Å². The van der Waals surface area contributed by atoms with E-state index in [2.05, 4.69) is 15.6 Å². The van der Waals surface area contributed by atoms with Crippen LogP contribution < -0.4 is 10.6 Å². The van der Waals surface area contributed by atoms with Gasteiger partial charge < -0.3 is 20.6 Å². The van der Waals surface area contributed by atoms with Crippen LogP contribution in [0.25, 0.3) is 0 Å². The van der Waals surface area contributed by atoms with Gasteiger partial charge in [-0.25, -0.2) is 0 Å². The maximum Gasteiger partial charge on any atom is 0.241 e. The van der Waals surface area contributed by atoms with E-state index in [0.717, 1.165) is 30.8 Å². The van der Waals surface area contributed by atoms with Gasteiger partial charge in [-0.1, -0.05) is 11.6 Å². The third-order valence-corrected chi connectivity index (χ3v) is 4.81. The minimum atomic E-state index is -0.662. The second kappa shape index (κ2) is 10.3. The average molecular weight is 473 g/mol. The van der Waals surface area contributed by atoms with Crippen LogP contribution in [-0.4, -0.2) is 55.1 Å². The Morgan fingerprint density at radius 2 is 2.13 bits per heavy atom. The second-order valence-corrected chi connectivity index (χ2v) is 6.80. The van der Waals surface area contributed by atoms with E-state index in [1.54, 1.807) is 19.2 Å². The van der Waals surface area contributed by atoms with Gasteiger partial charge in [0.1, 0.15) is 6.10 Å². The largest absolute Gasteiger partial charge is 0.386 e. The molecule has 6 nitrogen and oxygen atoms in total. The molecule has 0 aliphatic carbocycles. The SMILES string of the molecule is CN=C(NCC(=O)N1CCCC1)NCC(O)c1ccc(Cl)s1.I. The molecule has 9 heteroatoms. The third kappa shape index (κ3) is 6.44. The summed E-state index contributed by atoms with van der Waals surface area (Å²) in [6.07, 6.45) is 1.49. The van der Waals surface area contributed by atoms with Gasteiger partial charge in [0.25, 0.3) is 0 Å². The minimum Gasteiger partial charge on any atom is -0.386 e. The number of aliphatic hydroxyl groups excluding tert-OH is 1. The molecule has 2 heterocycles. The number of likely N-dealkylation sites (tertiary alicyclic amines) is 1. The molecule has 1 fully saturated rings. The topological polar surface area (TPSA) is 77.0 Å². The Morgan fingerprint density at radius 1 is 1.43 bits per heavy atom. The van der Waals surface area contributed by atoms with Crippen molar-refractivity contribution < 1.29 is 9.90 Å². The minimum absolute atomic E-state index is 0. The number of hydrogen-bond acceptors (Lipinski definition) is 4. The fourth-order valence-electron chi connectivity index (χ4n) is 2.26. The molecular weight excluding hydrogens is 451 g/mol. The van der Waals surface area contributed by atoms with Crippen molar-refractivity contribution in [3.05, 3.63) is 21.3 Å². The number of aliphatic imine (C=N–C) groups is 1. The van der Waals surface area contributed by atoms with Crippen LogP contribution in [0.1, 0.15) is 23.8 Å². The Kier molecular flexibility index (Phi) is 9.18. The Morgan fingerprint density at radius 3 is 2.70 bits per heavy atom. The van der Waals surface area contributed by atoms with Crippen LogP contribution in [0.2, 0.25) is 4.34 Å². The molecule has 1 saturated heterocycles. The van der Waals surface area contributed by atoms with E-state index in [0.29, 0.717) is 16.8 Å². The second-order valence-electron chi connectivity index (χ2n) is 5.05. The molecule has 1 aliphatic heterocycles. The van der Waals surface area contributed by atoms with E-state index < -0.39 is 6.10 Å². The van der Waals surface area contributed by atoms with Crippen LogP contribution in [0.5, 0.6) is 0 Å². The van der Waals surface area contributed by atoms with Crippen molar-refractivity contribution in [3.8, 4) is 0 Å². The quantitative estimate of drug-likeness (QED) is 0.347. The molecule has 1 aromatic heterocycles. The molecule has 0 bridgehead atoms. The molecule has 0 saturated carbocycles. The summed E-state index contributed by atoms with van der Waals surface area (Å²) in [6, 6.07) is 3.55. The summed E-state index contributed by atoms with van der Waals surface area (Å²) in [4.78, 5) is 18.6. The monoisotopic (exact) mass is 472 g/mol. The molecule has 3 N–H and O–H groups in total. The van der Waals surface area contributed by atoms with Crippen LogP contribution in [0.15, 0.2) is 17.1 Å². The van der Waals surface area contributed by atoms with Crippen molar-refractivity contribution in [2.45, 2.75) is 18.9 Å². The highest BCUT2D eigenvalue weighted by Crippen LogP contribution is 2.26. The molecule has 0 spiro atoms. The first-order chi connectivity index (χ1) is 10.6. The number of hydrogen-bond donors (Lipinski definition) is 3. The lowest BCUT2D eigenvalue weighted by atomic mass is 10.3. The lowest BCUT2D eigenvalue weighted by molar-refractivity contribution is -0.128. The molecular formula is C14H22ClIN4O2S. The normalized spacial score (nSPS) is 16.0. The Bertz CT molecular complexity index is 535. The molecule has 0 aromatic carbocycles. The van der Waals surface area contributed by atoms with Gasteiger partial charge in [-0.3, -0.25) is 9.79 Å². The zero-order valence-corrected chi connectivity index (χ0v) is 16.8. The van der Waals surface area contributed by atoms with Gasteiger partial charge >= 0.3 is 0 Å². The number of carbonyl (C=O) groups is 1. The first-order valence-corrected chi connectivity index (χ1v) is 8.45. The Labute approximate surface area is 162 Å². The first-order valence-electron chi connectivity index (χ1n) is 7.25. The number of rotatable bonds is 5. The van der Waals surface area contributed by atoms with Crippen molar-refractivity contribution in [3.63, 3.8) is 0 Å². The smallest absolute Gasteiger partial charge is 0.241 e. The fraction of sp³-hybridized carbons (Fsp3) is 0.571. The summed E-state index contributed by atoms with van der Waals surface area (Å²) < 4.78 is 0.646. The predicted octanol–water partition coefficient (Wildman–Crippen LogP) is 1.84. The number of thiophene rings is 1. The van der Waals surface area contributed by atoms with E-state index in [9.17, 15) is 9.90 Å².